The summed E-state index contributed by atoms with van der Waals surface area (Å²) in [4.78, 5) is 26.1. The molecule has 0 bridgehead atoms. The van der Waals surface area contributed by atoms with Gasteiger partial charge in [-0.3, -0.25) is 9.89 Å². The molecule has 0 unspecified atom stereocenters. The average molecular weight is 384 g/mol. The molecule has 144 valence electrons. The van der Waals surface area contributed by atoms with Crippen LogP contribution in [0.3, 0.4) is 0 Å². The van der Waals surface area contributed by atoms with Crippen molar-refractivity contribution in [2.75, 3.05) is 0 Å². The summed E-state index contributed by atoms with van der Waals surface area (Å²) in [7, 11) is 0. The maximum absolute atomic E-state index is 13.2. The van der Waals surface area contributed by atoms with Crippen LogP contribution in [0.5, 0.6) is 0 Å². The van der Waals surface area contributed by atoms with Gasteiger partial charge in [-0.05, 0) is 19.9 Å². The molecule has 1 heterocycles. The van der Waals surface area contributed by atoms with E-state index >= 15 is 0 Å². The van der Waals surface area contributed by atoms with E-state index in [0.717, 1.165) is 16.6 Å². The fourth-order valence-electron chi connectivity index (χ4n) is 3.17. The third kappa shape index (κ3) is 3.80. The second kappa shape index (κ2) is 7.72. The first kappa shape index (κ1) is 18.6. The van der Waals surface area contributed by atoms with E-state index in [4.69, 9.17) is 4.74 Å². The van der Waals surface area contributed by atoms with Crippen molar-refractivity contribution in [2.45, 2.75) is 20.0 Å². The predicted octanol–water partition coefficient (Wildman–Crippen LogP) is 4.96. The highest BCUT2D eigenvalue weighted by atomic mass is 16.5. The van der Waals surface area contributed by atoms with E-state index in [2.05, 4.69) is 10.2 Å². The first-order chi connectivity index (χ1) is 14.0. The first-order valence-corrected chi connectivity index (χ1v) is 9.34. The summed E-state index contributed by atoms with van der Waals surface area (Å²) in [6.45, 7) is 3.91. The zero-order chi connectivity index (χ0) is 20.4. The number of fused-ring (bicyclic) bond motifs is 1. The van der Waals surface area contributed by atoms with Crippen LogP contribution in [0.25, 0.3) is 10.9 Å². The molecule has 29 heavy (non-hydrogen) atoms. The molecule has 3 aromatic carbocycles. The number of nitrogens with one attached hydrogen (secondary N) is 1. The van der Waals surface area contributed by atoms with Gasteiger partial charge in [-0.1, -0.05) is 77.9 Å². The molecule has 5 heteroatoms. The van der Waals surface area contributed by atoms with Crippen LogP contribution in [0, 0.1) is 13.8 Å². The van der Waals surface area contributed by atoms with Gasteiger partial charge < -0.3 is 4.74 Å². The average Bonchev–Trinajstić information content (AvgIpc) is 3.17. The molecule has 0 radical (unpaired) electrons. The monoisotopic (exact) mass is 384 g/mol. The van der Waals surface area contributed by atoms with E-state index < -0.39 is 12.1 Å². The van der Waals surface area contributed by atoms with Gasteiger partial charge in [-0.15, -0.1) is 0 Å². The fourth-order valence-corrected chi connectivity index (χ4v) is 3.17. The summed E-state index contributed by atoms with van der Waals surface area (Å²) in [5, 5.41) is 7.57. The van der Waals surface area contributed by atoms with Gasteiger partial charge in [0.1, 0.15) is 0 Å². The number of rotatable bonds is 5. The van der Waals surface area contributed by atoms with Crippen LogP contribution in [-0.4, -0.2) is 21.9 Å². The molecule has 1 N–H and O–H groups in total. The Morgan fingerprint density at radius 2 is 1.48 bits per heavy atom. The molecule has 5 nitrogen and oxygen atoms in total. The molecular formula is C24H20N2O3. The molecule has 0 spiro atoms. The Bertz CT molecular complexity index is 1170. The minimum Gasteiger partial charge on any atom is -0.444 e. The Morgan fingerprint density at radius 1 is 0.862 bits per heavy atom. The Labute approximate surface area is 168 Å². The number of nitrogens with zero attached hydrogens (tertiary/aromatic N) is 1. The van der Waals surface area contributed by atoms with Gasteiger partial charge in [0.05, 0.1) is 5.52 Å². The number of carbonyl (C=O) groups is 2. The number of Topliss-reactive ketones (excluding diaryl/α,β-unsaturated/α-hetero) is 1. The summed E-state index contributed by atoms with van der Waals surface area (Å²) in [6.07, 6.45) is -1.05. The van der Waals surface area contributed by atoms with Crippen molar-refractivity contribution in [3.8, 4) is 0 Å². The largest absolute Gasteiger partial charge is 0.444 e. The number of H-pyrrole nitrogens is 1. The van der Waals surface area contributed by atoms with E-state index in [1.165, 1.54) is 0 Å². The molecule has 0 saturated carbocycles. The molecule has 1 atom stereocenters. The van der Waals surface area contributed by atoms with Gasteiger partial charge in [0.15, 0.2) is 11.8 Å². The molecule has 4 aromatic rings. The van der Waals surface area contributed by atoms with Crippen molar-refractivity contribution >= 4 is 22.7 Å². The Hall–Kier alpha value is -3.73. The molecule has 0 aliphatic carbocycles. The van der Waals surface area contributed by atoms with E-state index in [-0.39, 0.29) is 11.5 Å². The zero-order valence-electron chi connectivity index (χ0n) is 16.2. The van der Waals surface area contributed by atoms with Gasteiger partial charge in [-0.25, -0.2) is 4.79 Å². The molecular weight excluding hydrogens is 364 g/mol. The number of para-hydroxylation sites is 1. The quantitative estimate of drug-likeness (QED) is 0.390. The molecule has 0 aliphatic heterocycles. The predicted molar refractivity (Wildman–Crippen MR) is 111 cm³/mol. The zero-order valence-corrected chi connectivity index (χ0v) is 16.2. The van der Waals surface area contributed by atoms with Gasteiger partial charge in [0.2, 0.25) is 5.78 Å². The minimum atomic E-state index is -1.05. The first-order valence-electron chi connectivity index (χ1n) is 9.34. The Kier molecular flexibility index (Phi) is 4.96. The lowest BCUT2D eigenvalue weighted by Gasteiger charge is -2.17. The van der Waals surface area contributed by atoms with Crippen LogP contribution < -0.4 is 0 Å². The van der Waals surface area contributed by atoms with E-state index in [0.29, 0.717) is 16.5 Å². The third-order valence-corrected chi connectivity index (χ3v) is 4.84. The van der Waals surface area contributed by atoms with E-state index in [9.17, 15) is 9.59 Å². The number of aromatic amines is 1. The highest BCUT2D eigenvalue weighted by Crippen LogP contribution is 2.26. The van der Waals surface area contributed by atoms with Crippen LogP contribution in [0.4, 0.5) is 0 Å². The lowest BCUT2D eigenvalue weighted by atomic mass is 9.98. The van der Waals surface area contributed by atoms with Crippen molar-refractivity contribution in [3.05, 3.63) is 101 Å². The molecule has 1 aromatic heterocycles. The normalized spacial score (nSPS) is 11.9. The Morgan fingerprint density at radius 3 is 2.17 bits per heavy atom. The van der Waals surface area contributed by atoms with Crippen LogP contribution in [0.2, 0.25) is 0 Å². The summed E-state index contributed by atoms with van der Waals surface area (Å²) < 4.78 is 5.70. The van der Waals surface area contributed by atoms with E-state index in [1.54, 1.807) is 18.2 Å². The molecule has 4 rings (SSSR count). The molecule has 0 amide bonds. The van der Waals surface area contributed by atoms with Gasteiger partial charge in [-0.2, -0.15) is 5.10 Å². The lowest BCUT2D eigenvalue weighted by Crippen LogP contribution is -2.20. The maximum atomic E-state index is 13.2. The van der Waals surface area contributed by atoms with Crippen molar-refractivity contribution in [2.24, 2.45) is 0 Å². The van der Waals surface area contributed by atoms with Crippen LogP contribution in [0.15, 0.2) is 72.8 Å². The minimum absolute atomic E-state index is 0.161. The number of carbonyl (C=O) groups excluding carboxylic acids is 2. The van der Waals surface area contributed by atoms with Crippen LogP contribution in [0.1, 0.15) is 43.6 Å². The van der Waals surface area contributed by atoms with Gasteiger partial charge in [0, 0.05) is 16.5 Å². The molecule has 0 aliphatic rings. The van der Waals surface area contributed by atoms with E-state index in [1.807, 2.05) is 68.4 Å². The SMILES string of the molecule is Cc1ccc(C(=O)[C@@H](OC(=O)c2n[nH]c3ccccc23)c2ccc(C)cc2)cc1. The van der Waals surface area contributed by atoms with Crippen molar-refractivity contribution in [1.82, 2.24) is 10.2 Å². The number of ether oxygens (including phenoxy) is 1. The summed E-state index contributed by atoms with van der Waals surface area (Å²) >= 11 is 0. The standard InChI is InChI=1S/C24H20N2O3/c1-15-7-11-17(12-8-15)22(27)23(18-13-9-16(2)10-14-18)29-24(28)21-19-5-3-4-6-20(19)25-26-21/h3-14,23H,1-2H3,(H,25,26)/t23-/m0/s1. The van der Waals surface area contributed by atoms with Crippen LogP contribution in [-0.2, 0) is 4.74 Å². The Balaban J connectivity index is 1.70. The maximum Gasteiger partial charge on any atom is 0.360 e. The number of aromatic nitrogens is 2. The van der Waals surface area contributed by atoms with Gasteiger partial charge in [0.25, 0.3) is 0 Å². The smallest absolute Gasteiger partial charge is 0.360 e. The highest BCUT2D eigenvalue weighted by molar-refractivity contribution is 6.05. The second-order valence-corrected chi connectivity index (χ2v) is 7.04. The number of ketones is 1. The number of aryl methyl sites for hydroxylation is 2. The van der Waals surface area contributed by atoms with Gasteiger partial charge >= 0.3 is 5.97 Å². The summed E-state index contributed by atoms with van der Waals surface area (Å²) in [5.74, 6) is -0.921. The fraction of sp³-hybridized carbons (Fsp3) is 0.125. The third-order valence-electron chi connectivity index (χ3n) is 4.84. The van der Waals surface area contributed by atoms with Crippen LogP contribution >= 0.6 is 0 Å². The molecule has 0 fully saturated rings. The summed E-state index contributed by atoms with van der Waals surface area (Å²) in [6, 6.07) is 21.9. The topological polar surface area (TPSA) is 72.1 Å². The summed E-state index contributed by atoms with van der Waals surface area (Å²) in [5.41, 5.74) is 4.11. The van der Waals surface area contributed by atoms with Crippen molar-refractivity contribution < 1.29 is 14.3 Å². The number of esters is 1. The second-order valence-electron chi connectivity index (χ2n) is 7.04. The number of hydrogen-bond donors (Lipinski definition) is 1. The van der Waals surface area contributed by atoms with Crippen molar-refractivity contribution in [1.29, 1.82) is 0 Å². The number of benzene rings is 3. The van der Waals surface area contributed by atoms with Crippen molar-refractivity contribution in [3.63, 3.8) is 0 Å². The number of hydrogen-bond acceptors (Lipinski definition) is 4. The highest BCUT2D eigenvalue weighted by Gasteiger charge is 2.28. The molecule has 0 saturated heterocycles. The lowest BCUT2D eigenvalue weighted by molar-refractivity contribution is 0.0276.